The third-order valence-electron chi connectivity index (χ3n) is 3.19. The van der Waals surface area contributed by atoms with Gasteiger partial charge >= 0.3 is 0 Å². The lowest BCUT2D eigenvalue weighted by Crippen LogP contribution is -2.51. The molecule has 1 heterocycles. The molecule has 1 amide bonds. The van der Waals surface area contributed by atoms with E-state index in [4.69, 9.17) is 5.73 Å². The third kappa shape index (κ3) is 2.54. The maximum absolute atomic E-state index is 12.5. The zero-order valence-electron chi connectivity index (χ0n) is 11.1. The monoisotopic (exact) mass is 264 g/mol. The molecule has 4 heteroatoms. The van der Waals surface area contributed by atoms with Gasteiger partial charge in [-0.05, 0) is 17.5 Å². The first kappa shape index (κ1) is 13.4. The number of carbonyl (C=O) groups excluding carboxylic acids is 1. The number of fused-ring (bicyclic) bond motifs is 1. The summed E-state index contributed by atoms with van der Waals surface area (Å²) < 4.78 is 0. The lowest BCUT2D eigenvalue weighted by molar-refractivity contribution is -0.121. The summed E-state index contributed by atoms with van der Waals surface area (Å²) in [6, 6.07) is 7.56. The van der Waals surface area contributed by atoms with E-state index >= 15 is 0 Å². The fourth-order valence-electron chi connectivity index (χ4n) is 1.94. The van der Waals surface area contributed by atoms with E-state index in [1.54, 1.807) is 11.8 Å². The van der Waals surface area contributed by atoms with Gasteiger partial charge in [0.2, 0.25) is 5.91 Å². The lowest BCUT2D eigenvalue weighted by atomic mass is 9.86. The molecule has 0 spiro atoms. The molecule has 2 rings (SSSR count). The largest absolute Gasteiger partial charge is 0.319 e. The Morgan fingerprint density at radius 3 is 2.72 bits per heavy atom. The molecular formula is C14H20N2OS. The van der Waals surface area contributed by atoms with Gasteiger partial charge in [0.05, 0.1) is 11.7 Å². The van der Waals surface area contributed by atoms with Crippen molar-refractivity contribution < 1.29 is 4.79 Å². The highest BCUT2D eigenvalue weighted by molar-refractivity contribution is 7.99. The number of hydrogen-bond donors (Lipinski definition) is 1. The summed E-state index contributed by atoms with van der Waals surface area (Å²) in [5.74, 6) is 0.954. The standard InChI is InChI=1S/C14H20N2OS/c1-14(2,3)12(15)13(17)16-8-9-18-11-7-5-4-6-10(11)16/h4-7,12H,8-9,15H2,1-3H3/t12-/m1/s1. The second-order valence-corrected chi connectivity index (χ2v) is 6.79. The second kappa shape index (κ2) is 4.94. The normalized spacial score (nSPS) is 17.2. The van der Waals surface area contributed by atoms with Gasteiger partial charge in [-0.25, -0.2) is 0 Å². The molecule has 1 aliphatic heterocycles. The molecule has 0 aliphatic carbocycles. The fourth-order valence-corrected chi connectivity index (χ4v) is 2.93. The van der Waals surface area contributed by atoms with Gasteiger partial charge in [0.15, 0.2) is 0 Å². The minimum atomic E-state index is -0.464. The van der Waals surface area contributed by atoms with Crippen molar-refractivity contribution in [2.45, 2.75) is 31.7 Å². The van der Waals surface area contributed by atoms with Gasteiger partial charge in [0.25, 0.3) is 0 Å². The molecule has 2 N–H and O–H groups in total. The quantitative estimate of drug-likeness (QED) is 0.847. The van der Waals surface area contributed by atoms with Crippen molar-refractivity contribution in [1.82, 2.24) is 0 Å². The summed E-state index contributed by atoms with van der Waals surface area (Å²) >= 11 is 1.79. The van der Waals surface area contributed by atoms with Gasteiger partial charge in [-0.3, -0.25) is 4.79 Å². The number of benzene rings is 1. The zero-order valence-corrected chi connectivity index (χ0v) is 12.0. The van der Waals surface area contributed by atoms with Crippen LogP contribution in [0.5, 0.6) is 0 Å². The number of nitrogens with two attached hydrogens (primary N) is 1. The number of anilines is 1. The average molecular weight is 264 g/mol. The van der Waals surface area contributed by atoms with Crippen LogP contribution in [0.2, 0.25) is 0 Å². The van der Waals surface area contributed by atoms with E-state index in [-0.39, 0.29) is 11.3 Å². The van der Waals surface area contributed by atoms with Crippen LogP contribution in [0, 0.1) is 5.41 Å². The van der Waals surface area contributed by atoms with E-state index in [9.17, 15) is 4.79 Å². The first-order chi connectivity index (χ1) is 8.41. The molecule has 1 aromatic rings. The Morgan fingerprint density at radius 2 is 2.06 bits per heavy atom. The molecule has 98 valence electrons. The number of para-hydroxylation sites is 1. The number of rotatable bonds is 1. The van der Waals surface area contributed by atoms with Crippen molar-refractivity contribution in [3.63, 3.8) is 0 Å². The van der Waals surface area contributed by atoms with Crippen molar-refractivity contribution in [3.8, 4) is 0 Å². The molecule has 1 aliphatic rings. The Morgan fingerprint density at radius 1 is 1.39 bits per heavy atom. The minimum absolute atomic E-state index is 0.0234. The van der Waals surface area contributed by atoms with Gasteiger partial charge in [-0.15, -0.1) is 11.8 Å². The molecule has 3 nitrogen and oxygen atoms in total. The molecule has 0 bridgehead atoms. The fraction of sp³-hybridized carbons (Fsp3) is 0.500. The Bertz CT molecular complexity index is 453. The molecule has 0 aromatic heterocycles. The lowest BCUT2D eigenvalue weighted by Gasteiger charge is -2.35. The molecule has 1 atom stereocenters. The Balaban J connectivity index is 2.28. The predicted octanol–water partition coefficient (Wildman–Crippen LogP) is 2.50. The van der Waals surface area contributed by atoms with Gasteiger partial charge in [-0.2, -0.15) is 0 Å². The number of thioether (sulfide) groups is 1. The van der Waals surface area contributed by atoms with E-state index < -0.39 is 6.04 Å². The van der Waals surface area contributed by atoms with Gasteiger partial charge in [0.1, 0.15) is 0 Å². The summed E-state index contributed by atoms with van der Waals surface area (Å²) in [5, 5.41) is 0. The summed E-state index contributed by atoms with van der Waals surface area (Å²) in [6.07, 6.45) is 0. The average Bonchev–Trinajstić information content (AvgIpc) is 2.35. The van der Waals surface area contributed by atoms with Crippen LogP contribution in [0.15, 0.2) is 29.2 Å². The molecule has 1 aromatic carbocycles. The van der Waals surface area contributed by atoms with Crippen LogP contribution in [0.1, 0.15) is 20.8 Å². The van der Waals surface area contributed by atoms with Crippen LogP contribution in [0.4, 0.5) is 5.69 Å². The molecule has 18 heavy (non-hydrogen) atoms. The highest BCUT2D eigenvalue weighted by atomic mass is 32.2. The predicted molar refractivity (Wildman–Crippen MR) is 76.9 cm³/mol. The van der Waals surface area contributed by atoms with Crippen molar-refractivity contribution >= 4 is 23.4 Å². The summed E-state index contributed by atoms with van der Waals surface area (Å²) in [6.45, 7) is 6.74. The molecule has 0 radical (unpaired) electrons. The van der Waals surface area contributed by atoms with Crippen LogP contribution in [0.3, 0.4) is 0 Å². The molecule has 0 saturated heterocycles. The topological polar surface area (TPSA) is 46.3 Å². The van der Waals surface area contributed by atoms with Crippen LogP contribution >= 0.6 is 11.8 Å². The number of amides is 1. The first-order valence-electron chi connectivity index (χ1n) is 6.20. The minimum Gasteiger partial charge on any atom is -0.319 e. The van der Waals surface area contributed by atoms with Crippen LogP contribution in [-0.4, -0.2) is 24.2 Å². The van der Waals surface area contributed by atoms with E-state index in [1.165, 1.54) is 4.90 Å². The van der Waals surface area contributed by atoms with E-state index in [1.807, 2.05) is 43.9 Å². The first-order valence-corrected chi connectivity index (χ1v) is 7.18. The SMILES string of the molecule is CC(C)(C)[C@H](N)C(=O)N1CCSc2ccccc21. The number of carbonyl (C=O) groups is 1. The third-order valence-corrected chi connectivity index (χ3v) is 4.24. The summed E-state index contributed by atoms with van der Waals surface area (Å²) in [7, 11) is 0. The van der Waals surface area contributed by atoms with Crippen LogP contribution in [0.25, 0.3) is 0 Å². The van der Waals surface area contributed by atoms with E-state index in [0.717, 1.165) is 18.0 Å². The van der Waals surface area contributed by atoms with E-state index in [2.05, 4.69) is 6.07 Å². The second-order valence-electron chi connectivity index (χ2n) is 5.65. The zero-order chi connectivity index (χ0) is 13.3. The summed E-state index contributed by atoms with van der Waals surface area (Å²) in [5.41, 5.74) is 6.87. The van der Waals surface area contributed by atoms with Crippen molar-refractivity contribution in [2.75, 3.05) is 17.2 Å². The maximum Gasteiger partial charge on any atom is 0.244 e. The molecule has 0 fully saturated rings. The van der Waals surface area contributed by atoms with Crippen molar-refractivity contribution in [3.05, 3.63) is 24.3 Å². The number of hydrogen-bond acceptors (Lipinski definition) is 3. The Hall–Kier alpha value is -1.00. The smallest absolute Gasteiger partial charge is 0.244 e. The van der Waals surface area contributed by atoms with Crippen LogP contribution in [-0.2, 0) is 4.79 Å². The molecular weight excluding hydrogens is 244 g/mol. The highest BCUT2D eigenvalue weighted by Crippen LogP contribution is 2.35. The van der Waals surface area contributed by atoms with Crippen molar-refractivity contribution in [2.24, 2.45) is 11.1 Å². The van der Waals surface area contributed by atoms with E-state index in [0.29, 0.717) is 0 Å². The van der Waals surface area contributed by atoms with Crippen LogP contribution < -0.4 is 10.6 Å². The molecule has 0 saturated carbocycles. The number of nitrogens with zero attached hydrogens (tertiary/aromatic N) is 1. The van der Waals surface area contributed by atoms with Crippen molar-refractivity contribution in [1.29, 1.82) is 0 Å². The molecule has 0 unspecified atom stereocenters. The van der Waals surface area contributed by atoms with Gasteiger partial charge < -0.3 is 10.6 Å². The summed E-state index contributed by atoms with van der Waals surface area (Å²) in [4.78, 5) is 15.5. The maximum atomic E-state index is 12.5. The van der Waals surface area contributed by atoms with Gasteiger partial charge in [-0.1, -0.05) is 32.9 Å². The Labute approximate surface area is 113 Å². The Kier molecular flexibility index (Phi) is 3.69. The van der Waals surface area contributed by atoms with Gasteiger partial charge in [0, 0.05) is 17.2 Å². The highest BCUT2D eigenvalue weighted by Gasteiger charge is 2.33.